The largest absolute Gasteiger partial charge is 0.149 e. The van der Waals surface area contributed by atoms with Crippen LogP contribution in [0.15, 0.2) is 11.4 Å². The molecule has 0 aliphatic rings. The Labute approximate surface area is 73.3 Å². The van der Waals surface area contributed by atoms with Gasteiger partial charge in [-0.05, 0) is 28.8 Å². The van der Waals surface area contributed by atoms with Crippen molar-refractivity contribution in [2.75, 3.05) is 0 Å². The van der Waals surface area contributed by atoms with Crippen molar-refractivity contribution in [3.8, 4) is 0 Å². The molecular weight excluding hydrogens is 152 g/mol. The van der Waals surface area contributed by atoms with Crippen molar-refractivity contribution in [1.29, 1.82) is 0 Å². The van der Waals surface area contributed by atoms with Crippen LogP contribution >= 0.6 is 11.3 Å². The Hall–Kier alpha value is -0.300. The third-order valence-electron chi connectivity index (χ3n) is 1.87. The van der Waals surface area contributed by atoms with Crippen LogP contribution in [0.2, 0.25) is 0 Å². The van der Waals surface area contributed by atoms with Crippen molar-refractivity contribution in [3.63, 3.8) is 0 Å². The molecule has 0 amide bonds. The first kappa shape index (κ1) is 8.79. The Kier molecular flexibility index (Phi) is 2.38. The molecule has 0 fully saturated rings. The molecular formula is C10H16S. The van der Waals surface area contributed by atoms with Crippen LogP contribution in [-0.4, -0.2) is 0 Å². The second-order valence-corrected chi connectivity index (χ2v) is 4.90. The SMILES string of the molecule is CCc1cc(C(C)(C)C)cs1. The Balaban J connectivity index is 2.89. The molecule has 62 valence electrons. The van der Waals surface area contributed by atoms with E-state index >= 15 is 0 Å². The first-order valence-corrected chi connectivity index (χ1v) is 5.00. The molecule has 1 heterocycles. The standard InChI is InChI=1S/C10H16S/c1-5-9-6-8(7-11-9)10(2,3)4/h6-7H,5H2,1-4H3. The van der Waals surface area contributed by atoms with E-state index in [1.54, 1.807) is 0 Å². The second kappa shape index (κ2) is 2.98. The van der Waals surface area contributed by atoms with Crippen LogP contribution in [-0.2, 0) is 11.8 Å². The summed E-state index contributed by atoms with van der Waals surface area (Å²) in [6.45, 7) is 8.98. The zero-order valence-electron chi connectivity index (χ0n) is 7.77. The second-order valence-electron chi connectivity index (χ2n) is 3.91. The van der Waals surface area contributed by atoms with Gasteiger partial charge in [-0.3, -0.25) is 0 Å². The monoisotopic (exact) mass is 168 g/mol. The minimum Gasteiger partial charge on any atom is -0.149 e. The van der Waals surface area contributed by atoms with Crippen molar-refractivity contribution < 1.29 is 0 Å². The highest BCUT2D eigenvalue weighted by molar-refractivity contribution is 7.10. The Morgan fingerprint density at radius 3 is 2.27 bits per heavy atom. The van der Waals surface area contributed by atoms with E-state index in [1.807, 2.05) is 11.3 Å². The molecule has 0 N–H and O–H groups in total. The van der Waals surface area contributed by atoms with Crippen molar-refractivity contribution in [2.24, 2.45) is 0 Å². The third kappa shape index (κ3) is 2.06. The molecule has 0 saturated carbocycles. The normalized spacial score (nSPS) is 12.0. The minimum atomic E-state index is 0.323. The summed E-state index contributed by atoms with van der Waals surface area (Å²) in [5.74, 6) is 0. The van der Waals surface area contributed by atoms with E-state index in [1.165, 1.54) is 16.9 Å². The van der Waals surface area contributed by atoms with Crippen LogP contribution in [0.1, 0.15) is 38.1 Å². The summed E-state index contributed by atoms with van der Waals surface area (Å²) in [5, 5.41) is 2.28. The number of thiophene rings is 1. The number of hydrogen-bond acceptors (Lipinski definition) is 1. The van der Waals surface area contributed by atoms with Crippen LogP contribution in [0.25, 0.3) is 0 Å². The van der Waals surface area contributed by atoms with Crippen molar-refractivity contribution in [3.05, 3.63) is 21.9 Å². The molecule has 0 radical (unpaired) electrons. The van der Waals surface area contributed by atoms with Gasteiger partial charge in [0.15, 0.2) is 0 Å². The molecule has 0 aliphatic carbocycles. The maximum atomic E-state index is 2.32. The van der Waals surface area contributed by atoms with Gasteiger partial charge in [-0.2, -0.15) is 0 Å². The fourth-order valence-electron chi connectivity index (χ4n) is 0.959. The molecule has 0 nitrogen and oxygen atoms in total. The maximum absolute atomic E-state index is 2.32. The smallest absolute Gasteiger partial charge is 0.00455 e. The van der Waals surface area contributed by atoms with Gasteiger partial charge in [0.25, 0.3) is 0 Å². The maximum Gasteiger partial charge on any atom is 0.00455 e. The van der Waals surface area contributed by atoms with Gasteiger partial charge >= 0.3 is 0 Å². The zero-order valence-corrected chi connectivity index (χ0v) is 8.59. The lowest BCUT2D eigenvalue weighted by molar-refractivity contribution is 0.592. The molecule has 1 heteroatoms. The van der Waals surface area contributed by atoms with Gasteiger partial charge in [0.1, 0.15) is 0 Å². The Morgan fingerprint density at radius 1 is 1.36 bits per heavy atom. The average Bonchev–Trinajstić information content (AvgIpc) is 2.32. The molecule has 1 rings (SSSR count). The van der Waals surface area contributed by atoms with Crippen LogP contribution < -0.4 is 0 Å². The van der Waals surface area contributed by atoms with Gasteiger partial charge in [-0.1, -0.05) is 27.7 Å². The fourth-order valence-corrected chi connectivity index (χ4v) is 2.02. The van der Waals surface area contributed by atoms with Gasteiger partial charge in [0.05, 0.1) is 0 Å². The van der Waals surface area contributed by atoms with Crippen molar-refractivity contribution in [2.45, 2.75) is 39.5 Å². The summed E-state index contributed by atoms with van der Waals surface area (Å²) in [7, 11) is 0. The van der Waals surface area contributed by atoms with Crippen LogP contribution in [0.3, 0.4) is 0 Å². The average molecular weight is 168 g/mol. The highest BCUT2D eigenvalue weighted by Crippen LogP contribution is 2.27. The van der Waals surface area contributed by atoms with E-state index in [0.29, 0.717) is 5.41 Å². The summed E-state index contributed by atoms with van der Waals surface area (Å²) in [6, 6.07) is 2.32. The van der Waals surface area contributed by atoms with E-state index in [0.717, 1.165) is 0 Å². The van der Waals surface area contributed by atoms with Crippen LogP contribution in [0, 0.1) is 0 Å². The molecule has 1 aromatic rings. The van der Waals surface area contributed by atoms with E-state index in [9.17, 15) is 0 Å². The molecule has 0 spiro atoms. The molecule has 0 unspecified atom stereocenters. The molecule has 0 saturated heterocycles. The number of rotatable bonds is 1. The summed E-state index contributed by atoms with van der Waals surface area (Å²) in [4.78, 5) is 1.50. The van der Waals surface area contributed by atoms with Gasteiger partial charge in [0, 0.05) is 4.88 Å². The van der Waals surface area contributed by atoms with E-state index in [-0.39, 0.29) is 0 Å². The first-order chi connectivity index (χ1) is 5.04. The lowest BCUT2D eigenvalue weighted by atomic mass is 9.89. The Morgan fingerprint density at radius 2 is 2.00 bits per heavy atom. The predicted molar refractivity (Wildman–Crippen MR) is 52.4 cm³/mol. The predicted octanol–water partition coefficient (Wildman–Crippen LogP) is 3.61. The highest BCUT2D eigenvalue weighted by atomic mass is 32.1. The summed E-state index contributed by atoms with van der Waals surface area (Å²) in [5.41, 5.74) is 1.79. The molecule has 11 heavy (non-hydrogen) atoms. The van der Waals surface area contributed by atoms with Gasteiger partial charge in [-0.25, -0.2) is 0 Å². The van der Waals surface area contributed by atoms with E-state index in [2.05, 4.69) is 39.1 Å². The fraction of sp³-hybridized carbons (Fsp3) is 0.600. The lowest BCUT2D eigenvalue weighted by Gasteiger charge is -2.15. The zero-order chi connectivity index (χ0) is 8.48. The minimum absolute atomic E-state index is 0.323. The molecule has 0 atom stereocenters. The third-order valence-corrected chi connectivity index (χ3v) is 2.95. The van der Waals surface area contributed by atoms with Crippen molar-refractivity contribution >= 4 is 11.3 Å². The topological polar surface area (TPSA) is 0 Å². The Bertz CT molecular complexity index is 227. The first-order valence-electron chi connectivity index (χ1n) is 4.12. The van der Waals surface area contributed by atoms with E-state index < -0.39 is 0 Å². The van der Waals surface area contributed by atoms with Crippen molar-refractivity contribution in [1.82, 2.24) is 0 Å². The number of aryl methyl sites for hydroxylation is 1. The van der Waals surface area contributed by atoms with Gasteiger partial charge < -0.3 is 0 Å². The van der Waals surface area contributed by atoms with Gasteiger partial charge in [0.2, 0.25) is 0 Å². The van der Waals surface area contributed by atoms with E-state index in [4.69, 9.17) is 0 Å². The lowest BCUT2D eigenvalue weighted by Crippen LogP contribution is -2.08. The molecule has 0 aliphatic heterocycles. The summed E-state index contributed by atoms with van der Waals surface area (Å²) < 4.78 is 0. The van der Waals surface area contributed by atoms with Crippen LogP contribution in [0.5, 0.6) is 0 Å². The molecule has 0 bridgehead atoms. The summed E-state index contributed by atoms with van der Waals surface area (Å²) >= 11 is 1.88. The van der Waals surface area contributed by atoms with Gasteiger partial charge in [-0.15, -0.1) is 11.3 Å². The molecule has 1 aromatic heterocycles. The number of hydrogen-bond donors (Lipinski definition) is 0. The highest BCUT2D eigenvalue weighted by Gasteiger charge is 2.14. The summed E-state index contributed by atoms with van der Waals surface area (Å²) in [6.07, 6.45) is 1.17. The van der Waals surface area contributed by atoms with Crippen LogP contribution in [0.4, 0.5) is 0 Å². The quantitative estimate of drug-likeness (QED) is 0.601. The molecule has 0 aromatic carbocycles.